The van der Waals surface area contributed by atoms with Gasteiger partial charge < -0.3 is 19.3 Å². The second-order valence-corrected chi connectivity index (χ2v) is 7.84. The van der Waals surface area contributed by atoms with Crippen LogP contribution in [-0.2, 0) is 4.74 Å². The van der Waals surface area contributed by atoms with Gasteiger partial charge in [-0.15, -0.1) is 0 Å². The van der Waals surface area contributed by atoms with Crippen LogP contribution in [0, 0.1) is 5.82 Å². The zero-order valence-corrected chi connectivity index (χ0v) is 18.0. The van der Waals surface area contributed by atoms with E-state index in [9.17, 15) is 14.3 Å². The lowest BCUT2D eigenvalue weighted by Crippen LogP contribution is -2.28. The first-order chi connectivity index (χ1) is 14.1. The zero-order chi connectivity index (χ0) is 22.1. The Labute approximate surface area is 183 Å². The van der Waals surface area contributed by atoms with Gasteiger partial charge in [-0.3, -0.25) is 4.79 Å². The van der Waals surface area contributed by atoms with Crippen LogP contribution < -0.4 is 9.47 Å². The molecular formula is C22H19Cl2FO5. The number of phenolic OH excluding ortho intramolecular Hbond substituents is 1. The topological polar surface area (TPSA) is 65.0 Å². The molecule has 0 spiro atoms. The molecule has 30 heavy (non-hydrogen) atoms. The molecule has 0 unspecified atom stereocenters. The van der Waals surface area contributed by atoms with Crippen molar-refractivity contribution in [3.8, 4) is 17.2 Å². The highest BCUT2D eigenvalue weighted by Gasteiger charge is 2.30. The van der Waals surface area contributed by atoms with Crippen LogP contribution in [0.4, 0.5) is 4.39 Å². The van der Waals surface area contributed by atoms with Crippen LogP contribution in [0.2, 0.25) is 10.0 Å². The minimum Gasteiger partial charge on any atom is -0.507 e. The number of phenols is 1. The number of aromatic hydroxyl groups is 1. The summed E-state index contributed by atoms with van der Waals surface area (Å²) in [5.41, 5.74) is -0.135. The molecule has 2 aromatic rings. The Hall–Kier alpha value is -2.54. The fourth-order valence-corrected chi connectivity index (χ4v) is 3.40. The molecule has 0 aromatic heterocycles. The molecule has 5 nitrogen and oxygen atoms in total. The summed E-state index contributed by atoms with van der Waals surface area (Å²) in [7, 11) is 1.47. The number of fused-ring (bicyclic) bond motifs is 1. The molecule has 0 bridgehead atoms. The van der Waals surface area contributed by atoms with Gasteiger partial charge in [0.05, 0.1) is 10.6 Å². The summed E-state index contributed by atoms with van der Waals surface area (Å²) >= 11 is 12.0. The second-order valence-electron chi connectivity index (χ2n) is 7.06. The second kappa shape index (κ2) is 8.68. The van der Waals surface area contributed by atoms with Crippen molar-refractivity contribution in [3.05, 3.63) is 62.9 Å². The summed E-state index contributed by atoms with van der Waals surface area (Å²) in [6.45, 7) is 3.57. The largest absolute Gasteiger partial charge is 0.507 e. The molecule has 1 aliphatic rings. The van der Waals surface area contributed by atoms with Gasteiger partial charge in [0.25, 0.3) is 0 Å². The van der Waals surface area contributed by atoms with Crippen molar-refractivity contribution in [1.82, 2.24) is 0 Å². The Morgan fingerprint density at radius 2 is 2.07 bits per heavy atom. The number of halogens is 3. The number of rotatable bonds is 6. The minimum absolute atomic E-state index is 0.0487. The SMILES string of the molecule is COCOc1cc(O)c(C(=O)/C=C/c2c(Cl)ccc(F)c2Cl)c2c1C=CC(C)(C)O2. The normalized spacial score (nSPS) is 14.5. The van der Waals surface area contributed by atoms with E-state index < -0.39 is 17.2 Å². The van der Waals surface area contributed by atoms with E-state index in [0.717, 1.165) is 12.1 Å². The molecule has 0 aliphatic carbocycles. The van der Waals surface area contributed by atoms with Gasteiger partial charge in [0.1, 0.15) is 34.2 Å². The van der Waals surface area contributed by atoms with E-state index in [1.807, 2.05) is 19.9 Å². The van der Waals surface area contributed by atoms with Crippen molar-refractivity contribution in [2.24, 2.45) is 0 Å². The average Bonchev–Trinajstić information content (AvgIpc) is 2.68. The Balaban J connectivity index is 2.07. The standard InChI is InChI=1S/C22H19Cl2FO5/c1-22(2)9-8-13-18(29-11-28-3)10-17(27)19(21(13)30-22)16(26)7-4-12-14(23)5-6-15(25)20(12)24/h4-10,27H,11H2,1-3H3/b7-4+. The van der Waals surface area contributed by atoms with Gasteiger partial charge in [0.15, 0.2) is 12.6 Å². The van der Waals surface area contributed by atoms with Crippen LogP contribution in [0.15, 0.2) is 30.4 Å². The highest BCUT2D eigenvalue weighted by atomic mass is 35.5. The predicted octanol–water partition coefficient (Wildman–Crippen LogP) is 5.90. The maximum absolute atomic E-state index is 13.7. The Morgan fingerprint density at radius 1 is 1.33 bits per heavy atom. The highest BCUT2D eigenvalue weighted by Crippen LogP contribution is 2.44. The number of ether oxygens (including phenoxy) is 3. The van der Waals surface area contributed by atoms with Gasteiger partial charge in [-0.2, -0.15) is 0 Å². The van der Waals surface area contributed by atoms with Crippen molar-refractivity contribution < 1.29 is 28.5 Å². The molecule has 0 saturated carbocycles. The van der Waals surface area contributed by atoms with Crippen LogP contribution in [0.3, 0.4) is 0 Å². The summed E-state index contributed by atoms with van der Waals surface area (Å²) in [5.74, 6) is -1.11. The van der Waals surface area contributed by atoms with Gasteiger partial charge in [-0.05, 0) is 50.3 Å². The molecule has 3 rings (SSSR count). The highest BCUT2D eigenvalue weighted by molar-refractivity contribution is 6.37. The number of allylic oxidation sites excluding steroid dienone is 1. The van der Waals surface area contributed by atoms with Gasteiger partial charge in [0.2, 0.25) is 0 Å². The molecule has 0 amide bonds. The summed E-state index contributed by atoms with van der Waals surface area (Å²) in [6, 6.07) is 3.78. The van der Waals surface area contributed by atoms with Gasteiger partial charge >= 0.3 is 0 Å². The van der Waals surface area contributed by atoms with Crippen molar-refractivity contribution in [2.45, 2.75) is 19.4 Å². The molecule has 2 aromatic carbocycles. The smallest absolute Gasteiger partial charge is 0.193 e. The summed E-state index contributed by atoms with van der Waals surface area (Å²) in [4.78, 5) is 13.0. The lowest BCUT2D eigenvalue weighted by Gasteiger charge is -2.30. The molecular weight excluding hydrogens is 434 g/mol. The number of ketones is 1. The van der Waals surface area contributed by atoms with Crippen LogP contribution in [0.5, 0.6) is 17.2 Å². The first-order valence-electron chi connectivity index (χ1n) is 8.90. The first kappa shape index (κ1) is 22.2. The van der Waals surface area contributed by atoms with E-state index >= 15 is 0 Å². The molecule has 8 heteroatoms. The van der Waals surface area contributed by atoms with E-state index in [0.29, 0.717) is 11.3 Å². The fraction of sp³-hybridized carbons (Fsp3) is 0.227. The zero-order valence-electron chi connectivity index (χ0n) is 16.5. The molecule has 0 radical (unpaired) electrons. The third-order valence-electron chi connectivity index (χ3n) is 4.34. The lowest BCUT2D eigenvalue weighted by atomic mass is 9.96. The monoisotopic (exact) mass is 452 g/mol. The third-order valence-corrected chi connectivity index (χ3v) is 5.05. The number of methoxy groups -OCH3 is 1. The van der Waals surface area contributed by atoms with Crippen molar-refractivity contribution in [3.63, 3.8) is 0 Å². The molecule has 1 heterocycles. The van der Waals surface area contributed by atoms with Crippen molar-refractivity contribution in [2.75, 3.05) is 13.9 Å². The molecule has 0 saturated heterocycles. The van der Waals surface area contributed by atoms with Crippen LogP contribution in [0.1, 0.15) is 35.3 Å². The number of benzene rings is 2. The maximum atomic E-state index is 13.7. The van der Waals surface area contributed by atoms with Gasteiger partial charge in [-0.25, -0.2) is 4.39 Å². The molecule has 158 valence electrons. The van der Waals surface area contributed by atoms with Crippen LogP contribution in [-0.4, -0.2) is 30.4 Å². The fourth-order valence-electron chi connectivity index (χ4n) is 2.90. The summed E-state index contributed by atoms with van der Waals surface area (Å²) in [5, 5.41) is 10.5. The third kappa shape index (κ3) is 4.46. The number of hydrogen-bond acceptors (Lipinski definition) is 5. The predicted molar refractivity (Wildman–Crippen MR) is 114 cm³/mol. The van der Waals surface area contributed by atoms with Crippen LogP contribution >= 0.6 is 23.2 Å². The Morgan fingerprint density at radius 3 is 2.77 bits per heavy atom. The van der Waals surface area contributed by atoms with E-state index in [4.69, 9.17) is 37.4 Å². The molecule has 1 N–H and O–H groups in total. The Bertz CT molecular complexity index is 1060. The number of carbonyl (C=O) groups excluding carboxylic acids is 1. The average molecular weight is 453 g/mol. The van der Waals surface area contributed by atoms with E-state index in [1.165, 1.54) is 25.3 Å². The quantitative estimate of drug-likeness (QED) is 0.255. The minimum atomic E-state index is -0.715. The van der Waals surface area contributed by atoms with E-state index in [1.54, 1.807) is 6.08 Å². The van der Waals surface area contributed by atoms with Crippen molar-refractivity contribution >= 4 is 41.1 Å². The number of carbonyl (C=O) groups is 1. The number of hydrogen-bond donors (Lipinski definition) is 1. The lowest BCUT2D eigenvalue weighted by molar-refractivity contribution is 0.0502. The molecule has 0 atom stereocenters. The van der Waals surface area contributed by atoms with Gasteiger partial charge in [0, 0.05) is 23.8 Å². The Kier molecular flexibility index (Phi) is 6.41. The van der Waals surface area contributed by atoms with Gasteiger partial charge in [-0.1, -0.05) is 23.2 Å². The van der Waals surface area contributed by atoms with E-state index in [2.05, 4.69) is 0 Å². The van der Waals surface area contributed by atoms with Crippen molar-refractivity contribution in [1.29, 1.82) is 0 Å². The molecule has 0 fully saturated rings. The van der Waals surface area contributed by atoms with Crippen LogP contribution in [0.25, 0.3) is 12.2 Å². The molecule has 1 aliphatic heterocycles. The first-order valence-corrected chi connectivity index (χ1v) is 9.66. The van der Waals surface area contributed by atoms with E-state index in [-0.39, 0.29) is 39.5 Å². The summed E-state index contributed by atoms with van der Waals surface area (Å²) in [6.07, 6.45) is 6.00. The summed E-state index contributed by atoms with van der Waals surface area (Å²) < 4.78 is 30.1. The maximum Gasteiger partial charge on any atom is 0.193 e.